The highest BCUT2D eigenvalue weighted by Crippen LogP contribution is 2.18. The van der Waals surface area contributed by atoms with Crippen LogP contribution in [0.15, 0.2) is 0 Å². The van der Waals surface area contributed by atoms with E-state index in [0.29, 0.717) is 0 Å². The Morgan fingerprint density at radius 1 is 1.00 bits per heavy atom. The van der Waals surface area contributed by atoms with Gasteiger partial charge in [-0.15, -0.1) is 0 Å². The van der Waals surface area contributed by atoms with Crippen LogP contribution in [-0.2, 0) is 9.47 Å². The van der Waals surface area contributed by atoms with E-state index >= 15 is 0 Å². The Balaban J connectivity index is 3.83. The first-order valence-corrected chi connectivity index (χ1v) is 5.00. The van der Waals surface area contributed by atoms with Crippen molar-refractivity contribution < 1.29 is 29.3 Å². The molecule has 0 aromatic carbocycles. The maximum Gasteiger partial charge on any atom is 0.506 e. The van der Waals surface area contributed by atoms with Crippen LogP contribution >= 0.6 is 45.2 Å². The van der Waals surface area contributed by atoms with Gasteiger partial charge in [0.15, 0.2) is 0 Å². The summed E-state index contributed by atoms with van der Waals surface area (Å²) in [5.74, 6) is 0. The lowest BCUT2D eigenvalue weighted by Crippen LogP contribution is -2.24. The largest absolute Gasteiger partial charge is 0.506 e. The van der Waals surface area contributed by atoms with Crippen LogP contribution < -0.4 is 0 Å². The monoisotopic (exact) mass is 402 g/mol. The summed E-state index contributed by atoms with van der Waals surface area (Å²) in [6.45, 7) is 0. The number of rotatable bonds is 3. The summed E-state index contributed by atoms with van der Waals surface area (Å²) >= 11 is 3.23. The molecular weight excluding hydrogens is 398 g/mol. The Bertz CT molecular complexity index is 162. The molecule has 0 bridgehead atoms. The van der Waals surface area contributed by atoms with Crippen LogP contribution in [0.4, 0.5) is 9.59 Å². The number of alkyl halides is 2. The lowest BCUT2D eigenvalue weighted by molar-refractivity contribution is 0.0347. The van der Waals surface area contributed by atoms with Crippen LogP contribution in [0.1, 0.15) is 0 Å². The summed E-state index contributed by atoms with van der Waals surface area (Å²) < 4.78 is 6.74. The van der Waals surface area contributed by atoms with Gasteiger partial charge in [0.2, 0.25) is 8.22 Å². The molecule has 0 spiro atoms. The SMILES string of the molecule is O=C(O)OC(I)C(I)OC(=O)O. The molecule has 6 nitrogen and oxygen atoms in total. The fourth-order valence-electron chi connectivity index (χ4n) is 0.300. The van der Waals surface area contributed by atoms with Crippen molar-refractivity contribution >= 4 is 57.5 Å². The van der Waals surface area contributed by atoms with E-state index in [2.05, 4.69) is 9.47 Å². The van der Waals surface area contributed by atoms with Gasteiger partial charge >= 0.3 is 12.3 Å². The Morgan fingerprint density at radius 3 is 1.42 bits per heavy atom. The minimum absolute atomic E-state index is 0.850. The molecule has 0 radical (unpaired) electrons. The molecule has 12 heavy (non-hydrogen) atoms. The summed E-state index contributed by atoms with van der Waals surface area (Å²) in [5, 5.41) is 16.3. The molecule has 2 N–H and O–H groups in total. The number of halogens is 2. The zero-order chi connectivity index (χ0) is 9.72. The number of hydrogen-bond acceptors (Lipinski definition) is 4. The maximum atomic E-state index is 9.97. The molecule has 0 heterocycles. The molecule has 0 fully saturated rings. The van der Waals surface area contributed by atoms with Gasteiger partial charge in [0.05, 0.1) is 0 Å². The zero-order valence-electron chi connectivity index (χ0n) is 5.44. The van der Waals surface area contributed by atoms with E-state index in [9.17, 15) is 9.59 Å². The highest BCUT2D eigenvalue weighted by Gasteiger charge is 2.22. The van der Waals surface area contributed by atoms with Gasteiger partial charge in [-0.3, -0.25) is 0 Å². The molecule has 70 valence electrons. The quantitative estimate of drug-likeness (QED) is 0.426. The average Bonchev–Trinajstić information content (AvgIpc) is 1.84. The minimum atomic E-state index is -1.47. The number of ether oxygens (including phenoxy) is 2. The maximum absolute atomic E-state index is 9.97. The summed E-state index contributed by atoms with van der Waals surface area (Å²) in [7, 11) is 0. The fourth-order valence-corrected chi connectivity index (χ4v) is 1.03. The highest BCUT2D eigenvalue weighted by molar-refractivity contribution is 14.1. The summed E-state index contributed by atoms with van der Waals surface area (Å²) in [6.07, 6.45) is -2.94. The van der Waals surface area contributed by atoms with Gasteiger partial charge in [0, 0.05) is 0 Å². The summed E-state index contributed by atoms with van der Waals surface area (Å²) in [4.78, 5) is 19.9. The smallest absolute Gasteiger partial charge is 0.450 e. The van der Waals surface area contributed by atoms with Crippen molar-refractivity contribution in [1.82, 2.24) is 0 Å². The van der Waals surface area contributed by atoms with Gasteiger partial charge in [0.1, 0.15) is 0 Å². The zero-order valence-corrected chi connectivity index (χ0v) is 9.75. The van der Waals surface area contributed by atoms with Crippen LogP contribution in [0, 0.1) is 0 Å². The van der Waals surface area contributed by atoms with E-state index in [4.69, 9.17) is 10.2 Å². The van der Waals surface area contributed by atoms with Crippen LogP contribution in [0.3, 0.4) is 0 Å². The van der Waals surface area contributed by atoms with E-state index in [-0.39, 0.29) is 0 Å². The molecule has 0 aliphatic rings. The standard InChI is InChI=1S/C4H4I2O6/c5-1(11-3(7)8)2(6)12-4(9)10/h1-2H,(H,7,8)(H,9,10). The third kappa shape index (κ3) is 5.62. The van der Waals surface area contributed by atoms with Crippen molar-refractivity contribution in [3.63, 3.8) is 0 Å². The average molecular weight is 402 g/mol. The molecule has 2 unspecified atom stereocenters. The topological polar surface area (TPSA) is 93.1 Å². The van der Waals surface area contributed by atoms with Crippen LogP contribution in [0.25, 0.3) is 0 Å². The second-order valence-electron chi connectivity index (χ2n) is 1.47. The molecule has 0 aromatic heterocycles. The van der Waals surface area contributed by atoms with Crippen molar-refractivity contribution in [1.29, 1.82) is 0 Å². The van der Waals surface area contributed by atoms with Crippen LogP contribution in [0.2, 0.25) is 0 Å². The molecule has 0 rings (SSSR count). The van der Waals surface area contributed by atoms with E-state index in [1.54, 1.807) is 45.2 Å². The first-order chi connectivity index (χ1) is 5.43. The molecule has 0 amide bonds. The molecule has 0 saturated carbocycles. The van der Waals surface area contributed by atoms with Gasteiger partial charge in [-0.2, -0.15) is 0 Å². The Hall–Kier alpha value is 0. The predicted molar refractivity (Wildman–Crippen MR) is 53.8 cm³/mol. The van der Waals surface area contributed by atoms with E-state index < -0.39 is 20.5 Å². The Labute approximate surface area is 94.5 Å². The molecule has 0 aliphatic carbocycles. The van der Waals surface area contributed by atoms with Gasteiger partial charge in [-0.25, -0.2) is 9.59 Å². The number of carbonyl (C=O) groups is 2. The molecule has 0 aromatic rings. The van der Waals surface area contributed by atoms with E-state index in [0.717, 1.165) is 0 Å². The Kier molecular flexibility index (Phi) is 5.61. The normalized spacial score (nSPS) is 14.5. The minimum Gasteiger partial charge on any atom is -0.450 e. The van der Waals surface area contributed by atoms with Crippen LogP contribution in [0.5, 0.6) is 0 Å². The third-order valence-electron chi connectivity index (χ3n) is 0.633. The van der Waals surface area contributed by atoms with Crippen molar-refractivity contribution in [3.05, 3.63) is 0 Å². The predicted octanol–water partition coefficient (Wildman–Crippen LogP) is 1.90. The van der Waals surface area contributed by atoms with Crippen molar-refractivity contribution in [2.75, 3.05) is 0 Å². The van der Waals surface area contributed by atoms with Crippen molar-refractivity contribution in [2.45, 2.75) is 8.22 Å². The molecule has 8 heteroatoms. The van der Waals surface area contributed by atoms with Gasteiger partial charge in [-0.05, 0) is 45.2 Å². The van der Waals surface area contributed by atoms with Gasteiger partial charge in [-0.1, -0.05) is 0 Å². The number of hydrogen-bond donors (Lipinski definition) is 2. The number of carboxylic acid groups (broad SMARTS) is 2. The van der Waals surface area contributed by atoms with Crippen molar-refractivity contribution in [2.24, 2.45) is 0 Å². The molecule has 2 atom stereocenters. The first kappa shape index (κ1) is 12.0. The van der Waals surface area contributed by atoms with Crippen LogP contribution in [-0.4, -0.2) is 30.7 Å². The first-order valence-electron chi connectivity index (χ1n) is 2.50. The van der Waals surface area contributed by atoms with Gasteiger partial charge in [0.25, 0.3) is 0 Å². The van der Waals surface area contributed by atoms with Crippen molar-refractivity contribution in [3.8, 4) is 0 Å². The second-order valence-corrected chi connectivity index (χ2v) is 3.93. The Morgan fingerprint density at radius 2 is 1.25 bits per heavy atom. The summed E-state index contributed by atoms with van der Waals surface area (Å²) in [6, 6.07) is 0. The van der Waals surface area contributed by atoms with E-state index in [1.165, 1.54) is 0 Å². The van der Waals surface area contributed by atoms with E-state index in [1.807, 2.05) is 0 Å². The molecule has 0 saturated heterocycles. The lowest BCUT2D eigenvalue weighted by atomic mass is 10.8. The fraction of sp³-hybridized carbons (Fsp3) is 0.500. The lowest BCUT2D eigenvalue weighted by Gasteiger charge is -2.13. The highest BCUT2D eigenvalue weighted by atomic mass is 127. The second kappa shape index (κ2) is 5.61. The molecular formula is C4H4I2O6. The third-order valence-corrected chi connectivity index (χ3v) is 3.82. The van der Waals surface area contributed by atoms with Gasteiger partial charge < -0.3 is 19.7 Å². The summed E-state index contributed by atoms with van der Waals surface area (Å²) in [5.41, 5.74) is 0. The molecule has 0 aliphatic heterocycles.